The molecule has 6 N–H and O–H groups in total. The van der Waals surface area contributed by atoms with E-state index in [1.54, 1.807) is 55.4 Å². The zero-order chi connectivity index (χ0) is 33.6. The van der Waals surface area contributed by atoms with E-state index in [9.17, 15) is 44.7 Å². The highest BCUT2D eigenvalue weighted by atomic mass is 16.6. The molecule has 252 valence electrons. The van der Waals surface area contributed by atoms with Crippen LogP contribution in [0.3, 0.4) is 0 Å². The fourth-order valence-electron chi connectivity index (χ4n) is 3.62. The van der Waals surface area contributed by atoms with Crippen LogP contribution in [0, 0.1) is 23.7 Å². The average Bonchev–Trinajstić information content (AvgIpc) is 2.99. The third-order valence-corrected chi connectivity index (χ3v) is 7.50. The summed E-state index contributed by atoms with van der Waals surface area (Å²) in [5, 5.41) is 58.3. The monoisotopic (exact) mass is 624 g/mol. The third kappa shape index (κ3) is 12.6. The van der Waals surface area contributed by atoms with E-state index >= 15 is 0 Å². The number of hydrogen-bond donors (Lipinski definition) is 6. The highest BCUT2D eigenvalue weighted by Crippen LogP contribution is 2.22. The van der Waals surface area contributed by atoms with Crippen LogP contribution in [-0.4, -0.2) is 117 Å². The molecule has 0 heterocycles. The van der Waals surface area contributed by atoms with Gasteiger partial charge >= 0.3 is 23.9 Å². The van der Waals surface area contributed by atoms with Crippen molar-refractivity contribution >= 4 is 23.9 Å². The molecule has 0 aromatic rings. The molecule has 0 rings (SSSR count). The van der Waals surface area contributed by atoms with E-state index in [1.165, 1.54) is 0 Å². The molecule has 0 aliphatic carbocycles. The van der Waals surface area contributed by atoms with E-state index in [0.717, 1.165) is 0 Å². The number of hydrogen-bond acceptors (Lipinski definition) is 14. The van der Waals surface area contributed by atoms with Crippen LogP contribution in [-0.2, 0) is 38.1 Å². The molecule has 43 heavy (non-hydrogen) atoms. The fourth-order valence-corrected chi connectivity index (χ4v) is 3.62. The van der Waals surface area contributed by atoms with Crippen LogP contribution in [0.4, 0.5) is 0 Å². The molecule has 0 aliphatic rings. The Morgan fingerprint density at radius 3 is 1.37 bits per heavy atom. The molecule has 0 saturated carbocycles. The van der Waals surface area contributed by atoms with Crippen molar-refractivity contribution in [1.82, 2.24) is 0 Å². The van der Waals surface area contributed by atoms with Gasteiger partial charge in [-0.3, -0.25) is 0 Å². The maximum Gasteiger partial charge on any atom is 0.348 e. The first-order chi connectivity index (χ1) is 20.0. The fraction of sp³-hybridized carbons (Fsp3) is 0.862. The largest absolute Gasteiger partial charge is 0.460 e. The van der Waals surface area contributed by atoms with Crippen LogP contribution in [0.2, 0.25) is 0 Å². The van der Waals surface area contributed by atoms with Gasteiger partial charge in [0.25, 0.3) is 0 Å². The standard InChI is InChI=1S/C29H52O14/c1-9-15(6)20(33)26(36)41-23(14(4)5)28(38)43-25(17(8)11-3)29(39)42-24(16(7)10-2)27(37)40-13-19(32)22(35)21(34)18(31)12-30/h14-25,30-35H,9-13H2,1-8H3/t15-,16+,17-,18+,19-,20-,21+,22-,23-,24-,25-/m0/s1. The first-order valence-corrected chi connectivity index (χ1v) is 14.8. The van der Waals surface area contributed by atoms with Crippen molar-refractivity contribution in [2.45, 2.75) is 123 Å². The van der Waals surface area contributed by atoms with Crippen LogP contribution in [0.5, 0.6) is 0 Å². The molecule has 0 radical (unpaired) electrons. The smallest absolute Gasteiger partial charge is 0.348 e. The van der Waals surface area contributed by atoms with Crippen LogP contribution < -0.4 is 0 Å². The normalized spacial score (nSPS) is 19.4. The molecule has 0 spiro atoms. The van der Waals surface area contributed by atoms with Gasteiger partial charge in [-0.1, -0.05) is 61.8 Å². The van der Waals surface area contributed by atoms with Crippen molar-refractivity contribution in [2.24, 2.45) is 23.7 Å². The van der Waals surface area contributed by atoms with Gasteiger partial charge < -0.3 is 49.6 Å². The summed E-state index contributed by atoms with van der Waals surface area (Å²) in [6.45, 7) is 11.5. The first-order valence-electron chi connectivity index (χ1n) is 14.8. The van der Waals surface area contributed by atoms with Gasteiger partial charge in [0.05, 0.1) is 6.61 Å². The second-order valence-corrected chi connectivity index (χ2v) is 11.3. The van der Waals surface area contributed by atoms with Crippen LogP contribution in [0.15, 0.2) is 0 Å². The number of esters is 4. The summed E-state index contributed by atoms with van der Waals surface area (Å²) in [7, 11) is 0. The molecule has 0 aromatic carbocycles. The summed E-state index contributed by atoms with van der Waals surface area (Å²) in [6, 6.07) is 0. The number of rotatable bonds is 20. The lowest BCUT2D eigenvalue weighted by Gasteiger charge is -2.29. The lowest BCUT2D eigenvalue weighted by atomic mass is 9.99. The van der Waals surface area contributed by atoms with E-state index in [2.05, 4.69) is 0 Å². The van der Waals surface area contributed by atoms with Crippen molar-refractivity contribution in [1.29, 1.82) is 0 Å². The lowest BCUT2D eigenvalue weighted by Crippen LogP contribution is -2.48. The number of aliphatic hydroxyl groups excluding tert-OH is 6. The Balaban J connectivity index is 5.75. The summed E-state index contributed by atoms with van der Waals surface area (Å²) in [5.41, 5.74) is 0. The number of aliphatic hydroxyl groups is 6. The molecule has 0 saturated heterocycles. The van der Waals surface area contributed by atoms with Gasteiger partial charge in [-0.2, -0.15) is 0 Å². The molecule has 0 aliphatic heterocycles. The maximum atomic E-state index is 13.3. The van der Waals surface area contributed by atoms with Gasteiger partial charge in [0, 0.05) is 17.8 Å². The van der Waals surface area contributed by atoms with Gasteiger partial charge in [0.2, 0.25) is 18.3 Å². The molecule has 0 fully saturated rings. The Labute approximate surface area is 253 Å². The Bertz CT molecular complexity index is 864. The van der Waals surface area contributed by atoms with E-state index < -0.39 is 110 Å². The van der Waals surface area contributed by atoms with Gasteiger partial charge in [-0.05, 0) is 18.8 Å². The SMILES string of the molecule is CC[C@@H](C)[C@H](OC(=O)[C@@H](OC(=O)[C@@H](OC(=O)[C@@H](O)[C@@H](C)CC)C(C)C)[C@@H](C)CC)C(=O)OC[C@H](O)[C@H](O)[C@H](O)[C@H](O)CO. The van der Waals surface area contributed by atoms with Gasteiger partial charge in [-0.25, -0.2) is 19.2 Å². The van der Waals surface area contributed by atoms with E-state index in [4.69, 9.17) is 24.1 Å². The summed E-state index contributed by atoms with van der Waals surface area (Å²) in [4.78, 5) is 51.7. The molecule has 0 amide bonds. The summed E-state index contributed by atoms with van der Waals surface area (Å²) in [5.74, 6) is -6.37. The van der Waals surface area contributed by atoms with Crippen LogP contribution >= 0.6 is 0 Å². The Hall–Kier alpha value is -2.36. The van der Waals surface area contributed by atoms with Crippen LogP contribution in [0.25, 0.3) is 0 Å². The Morgan fingerprint density at radius 2 is 0.953 bits per heavy atom. The van der Waals surface area contributed by atoms with Crippen molar-refractivity contribution in [3.05, 3.63) is 0 Å². The minimum atomic E-state index is -1.97. The topological polar surface area (TPSA) is 227 Å². The highest BCUT2D eigenvalue weighted by molar-refractivity contribution is 5.86. The van der Waals surface area contributed by atoms with Gasteiger partial charge in [-0.15, -0.1) is 0 Å². The predicted octanol–water partition coefficient (Wildman–Crippen LogP) is -0.144. The third-order valence-electron chi connectivity index (χ3n) is 7.50. The van der Waals surface area contributed by atoms with Gasteiger partial charge in [0.15, 0.2) is 6.10 Å². The summed E-state index contributed by atoms with van der Waals surface area (Å²) < 4.78 is 21.2. The van der Waals surface area contributed by atoms with Crippen molar-refractivity contribution < 1.29 is 68.8 Å². The number of carbonyl (C=O) groups excluding carboxylic acids is 4. The predicted molar refractivity (Wildman–Crippen MR) is 151 cm³/mol. The zero-order valence-electron chi connectivity index (χ0n) is 26.4. The molecule has 0 unspecified atom stereocenters. The van der Waals surface area contributed by atoms with E-state index in [0.29, 0.717) is 19.3 Å². The number of carbonyl (C=O) groups is 4. The molecule has 14 heteroatoms. The maximum absolute atomic E-state index is 13.3. The molecule has 14 nitrogen and oxygen atoms in total. The minimum absolute atomic E-state index is 0.345. The molecule has 0 bridgehead atoms. The zero-order valence-corrected chi connectivity index (χ0v) is 26.4. The quantitative estimate of drug-likeness (QED) is 0.0765. The van der Waals surface area contributed by atoms with Gasteiger partial charge in [0.1, 0.15) is 31.0 Å². The number of ether oxygens (including phenoxy) is 4. The first kappa shape index (κ1) is 40.6. The molecular formula is C29H52O14. The van der Waals surface area contributed by atoms with E-state index in [-0.39, 0.29) is 0 Å². The van der Waals surface area contributed by atoms with Crippen molar-refractivity contribution in [3.63, 3.8) is 0 Å². The molecule has 0 aromatic heterocycles. The lowest BCUT2D eigenvalue weighted by molar-refractivity contribution is -0.193. The Kier molecular flexibility index (Phi) is 18.7. The van der Waals surface area contributed by atoms with Crippen molar-refractivity contribution in [2.75, 3.05) is 13.2 Å². The molecule has 11 atom stereocenters. The van der Waals surface area contributed by atoms with E-state index in [1.807, 2.05) is 0 Å². The molecular weight excluding hydrogens is 572 g/mol. The van der Waals surface area contributed by atoms with Crippen LogP contribution in [0.1, 0.15) is 74.7 Å². The summed E-state index contributed by atoms with van der Waals surface area (Å²) >= 11 is 0. The minimum Gasteiger partial charge on any atom is -0.460 e. The highest BCUT2D eigenvalue weighted by Gasteiger charge is 2.40. The van der Waals surface area contributed by atoms with Crippen molar-refractivity contribution in [3.8, 4) is 0 Å². The summed E-state index contributed by atoms with van der Waals surface area (Å²) in [6.07, 6.45) is -12.2. The second kappa shape index (κ2) is 19.8. The second-order valence-electron chi connectivity index (χ2n) is 11.3. The Morgan fingerprint density at radius 1 is 0.558 bits per heavy atom. The average molecular weight is 625 g/mol.